The largest absolute Gasteiger partial charge is 0.366 e. The number of hydrogen-bond acceptors (Lipinski definition) is 3. The minimum Gasteiger partial charge on any atom is -0.366 e. The molecular weight excluding hydrogens is 251 g/mol. The predicted octanol–water partition coefficient (Wildman–Crippen LogP) is 2.28. The summed E-state index contributed by atoms with van der Waals surface area (Å²) in [7, 11) is 0. The number of nitrogens with one attached hydrogen (secondary N) is 1. The van der Waals surface area contributed by atoms with Gasteiger partial charge in [-0.3, -0.25) is 4.79 Å². The molecule has 0 bridgehead atoms. The molecule has 0 saturated heterocycles. The second-order valence-electron chi connectivity index (χ2n) is 3.91. The number of primary amides is 1. The van der Waals surface area contributed by atoms with Crippen LogP contribution in [0.5, 0.6) is 0 Å². The third-order valence-corrected chi connectivity index (χ3v) is 3.29. The first-order chi connectivity index (χ1) is 8.66. The second kappa shape index (κ2) is 5.75. The van der Waals surface area contributed by atoms with E-state index < -0.39 is 11.7 Å². The lowest BCUT2D eigenvalue weighted by Gasteiger charge is -2.06. The lowest BCUT2D eigenvalue weighted by molar-refractivity contribution is 0.1000. The van der Waals surface area contributed by atoms with Crippen LogP contribution in [0.1, 0.15) is 21.5 Å². The van der Waals surface area contributed by atoms with Crippen molar-refractivity contribution in [3.05, 3.63) is 57.5 Å². The van der Waals surface area contributed by atoms with Gasteiger partial charge in [-0.15, -0.1) is 0 Å². The first kappa shape index (κ1) is 12.7. The SMILES string of the molecule is NC(=O)c1ccc(CNCc2ccsc2)c(F)c1. The highest BCUT2D eigenvalue weighted by molar-refractivity contribution is 7.07. The molecule has 1 aromatic heterocycles. The molecule has 0 radical (unpaired) electrons. The van der Waals surface area contributed by atoms with E-state index in [0.717, 1.165) is 0 Å². The molecule has 2 aromatic rings. The predicted molar refractivity (Wildman–Crippen MR) is 69.8 cm³/mol. The zero-order valence-electron chi connectivity index (χ0n) is 9.65. The Hall–Kier alpha value is -1.72. The van der Waals surface area contributed by atoms with Crippen LogP contribution in [-0.2, 0) is 13.1 Å². The number of nitrogens with two attached hydrogens (primary N) is 1. The molecule has 0 saturated carbocycles. The Morgan fingerprint density at radius 1 is 1.33 bits per heavy atom. The fraction of sp³-hybridized carbons (Fsp3) is 0.154. The van der Waals surface area contributed by atoms with Crippen molar-refractivity contribution in [2.24, 2.45) is 5.73 Å². The van der Waals surface area contributed by atoms with Gasteiger partial charge in [0.15, 0.2) is 0 Å². The number of carbonyl (C=O) groups is 1. The summed E-state index contributed by atoms with van der Waals surface area (Å²) in [6.07, 6.45) is 0. The first-order valence-electron chi connectivity index (χ1n) is 5.47. The van der Waals surface area contributed by atoms with E-state index >= 15 is 0 Å². The molecule has 0 atom stereocenters. The van der Waals surface area contributed by atoms with Crippen molar-refractivity contribution in [3.63, 3.8) is 0 Å². The van der Waals surface area contributed by atoms with E-state index in [0.29, 0.717) is 18.7 Å². The van der Waals surface area contributed by atoms with Crippen LogP contribution in [0.2, 0.25) is 0 Å². The molecule has 5 heteroatoms. The second-order valence-corrected chi connectivity index (χ2v) is 4.69. The Morgan fingerprint density at radius 3 is 2.78 bits per heavy atom. The van der Waals surface area contributed by atoms with Crippen LogP contribution >= 0.6 is 11.3 Å². The fourth-order valence-electron chi connectivity index (χ4n) is 1.58. The van der Waals surface area contributed by atoms with E-state index in [1.165, 1.54) is 17.7 Å². The Labute approximate surface area is 108 Å². The molecule has 0 spiro atoms. The number of hydrogen-bond donors (Lipinski definition) is 2. The van der Waals surface area contributed by atoms with Gasteiger partial charge in [-0.1, -0.05) is 6.07 Å². The van der Waals surface area contributed by atoms with Crippen LogP contribution in [-0.4, -0.2) is 5.91 Å². The van der Waals surface area contributed by atoms with Gasteiger partial charge in [0.1, 0.15) is 5.82 Å². The molecule has 0 aliphatic carbocycles. The number of thiophene rings is 1. The number of amides is 1. The van der Waals surface area contributed by atoms with E-state index in [9.17, 15) is 9.18 Å². The summed E-state index contributed by atoms with van der Waals surface area (Å²) in [5, 5.41) is 7.18. The highest BCUT2D eigenvalue weighted by Gasteiger charge is 2.06. The summed E-state index contributed by atoms with van der Waals surface area (Å²) in [5.41, 5.74) is 6.96. The van der Waals surface area contributed by atoms with Crippen molar-refractivity contribution in [2.75, 3.05) is 0 Å². The quantitative estimate of drug-likeness (QED) is 0.870. The minimum absolute atomic E-state index is 0.189. The van der Waals surface area contributed by atoms with Crippen molar-refractivity contribution >= 4 is 17.2 Å². The summed E-state index contributed by atoms with van der Waals surface area (Å²) in [6.45, 7) is 1.11. The number of carbonyl (C=O) groups excluding carboxylic acids is 1. The van der Waals surface area contributed by atoms with E-state index in [4.69, 9.17) is 5.73 Å². The van der Waals surface area contributed by atoms with Crippen molar-refractivity contribution in [1.82, 2.24) is 5.32 Å². The van der Waals surface area contributed by atoms with Gasteiger partial charge >= 0.3 is 0 Å². The lowest BCUT2D eigenvalue weighted by atomic mass is 10.1. The summed E-state index contributed by atoms with van der Waals surface area (Å²) in [5.74, 6) is -1.03. The monoisotopic (exact) mass is 264 g/mol. The zero-order valence-corrected chi connectivity index (χ0v) is 10.5. The molecule has 2 rings (SSSR count). The third kappa shape index (κ3) is 3.15. The molecule has 3 nitrogen and oxygen atoms in total. The van der Waals surface area contributed by atoms with Crippen LogP contribution in [0.3, 0.4) is 0 Å². The van der Waals surface area contributed by atoms with Crippen LogP contribution in [0.4, 0.5) is 4.39 Å². The van der Waals surface area contributed by atoms with Crippen molar-refractivity contribution in [2.45, 2.75) is 13.1 Å². The van der Waals surface area contributed by atoms with Gasteiger partial charge in [0, 0.05) is 24.2 Å². The van der Waals surface area contributed by atoms with Crippen molar-refractivity contribution < 1.29 is 9.18 Å². The molecule has 94 valence electrons. The maximum absolute atomic E-state index is 13.6. The molecule has 0 aliphatic rings. The average molecular weight is 264 g/mol. The van der Waals surface area contributed by atoms with Crippen LogP contribution in [0, 0.1) is 5.82 Å². The molecule has 0 aliphatic heterocycles. The normalized spacial score (nSPS) is 10.5. The summed E-state index contributed by atoms with van der Waals surface area (Å²) < 4.78 is 13.6. The standard InChI is InChI=1S/C13H13FN2OS/c14-12-5-10(13(15)17)1-2-11(12)7-16-6-9-3-4-18-8-9/h1-5,8,16H,6-7H2,(H2,15,17). The molecule has 18 heavy (non-hydrogen) atoms. The Kier molecular flexibility index (Phi) is 4.07. The molecule has 1 aromatic carbocycles. The molecule has 1 amide bonds. The molecule has 3 N–H and O–H groups in total. The van der Waals surface area contributed by atoms with Crippen molar-refractivity contribution in [3.8, 4) is 0 Å². The first-order valence-corrected chi connectivity index (χ1v) is 6.41. The zero-order chi connectivity index (χ0) is 13.0. The Bertz CT molecular complexity index is 540. The van der Waals surface area contributed by atoms with Gasteiger partial charge in [0.25, 0.3) is 0 Å². The van der Waals surface area contributed by atoms with Crippen molar-refractivity contribution in [1.29, 1.82) is 0 Å². The highest BCUT2D eigenvalue weighted by atomic mass is 32.1. The van der Waals surface area contributed by atoms with Gasteiger partial charge in [-0.2, -0.15) is 11.3 Å². The van der Waals surface area contributed by atoms with Crippen LogP contribution in [0.15, 0.2) is 35.0 Å². The lowest BCUT2D eigenvalue weighted by Crippen LogP contribution is -2.15. The van der Waals surface area contributed by atoms with Crippen LogP contribution in [0.25, 0.3) is 0 Å². The van der Waals surface area contributed by atoms with Gasteiger partial charge in [0.2, 0.25) is 5.91 Å². The maximum Gasteiger partial charge on any atom is 0.248 e. The molecule has 1 heterocycles. The minimum atomic E-state index is -0.619. The van der Waals surface area contributed by atoms with Gasteiger partial charge in [-0.25, -0.2) is 4.39 Å². The van der Waals surface area contributed by atoms with Gasteiger partial charge < -0.3 is 11.1 Å². The number of rotatable bonds is 5. The van der Waals surface area contributed by atoms with Gasteiger partial charge in [-0.05, 0) is 34.5 Å². The summed E-state index contributed by atoms with van der Waals surface area (Å²) in [6, 6.07) is 6.30. The molecule has 0 unspecified atom stereocenters. The number of halogens is 1. The number of benzene rings is 1. The Balaban J connectivity index is 1.95. The summed E-state index contributed by atoms with van der Waals surface area (Å²) >= 11 is 1.63. The third-order valence-electron chi connectivity index (χ3n) is 2.56. The smallest absolute Gasteiger partial charge is 0.248 e. The highest BCUT2D eigenvalue weighted by Crippen LogP contribution is 2.11. The topological polar surface area (TPSA) is 55.1 Å². The van der Waals surface area contributed by atoms with Crippen LogP contribution < -0.4 is 11.1 Å². The Morgan fingerprint density at radius 2 is 2.17 bits per heavy atom. The summed E-state index contributed by atoms with van der Waals surface area (Å²) in [4.78, 5) is 10.9. The van der Waals surface area contributed by atoms with E-state index in [1.54, 1.807) is 17.4 Å². The molecular formula is C13H13FN2OS. The van der Waals surface area contributed by atoms with E-state index in [2.05, 4.69) is 5.32 Å². The molecule has 0 fully saturated rings. The van der Waals surface area contributed by atoms with E-state index in [1.807, 2.05) is 16.8 Å². The maximum atomic E-state index is 13.6. The van der Waals surface area contributed by atoms with E-state index in [-0.39, 0.29) is 5.56 Å². The van der Waals surface area contributed by atoms with Gasteiger partial charge in [0.05, 0.1) is 0 Å². The fourth-order valence-corrected chi connectivity index (χ4v) is 2.25. The average Bonchev–Trinajstić information content (AvgIpc) is 2.84.